The van der Waals surface area contributed by atoms with Crippen LogP contribution in [-0.4, -0.2) is 22.1 Å². The minimum atomic E-state index is -0.911. The highest BCUT2D eigenvalue weighted by Gasteiger charge is 2.19. The van der Waals surface area contributed by atoms with Gasteiger partial charge in [0.05, 0.1) is 16.7 Å². The maximum absolute atomic E-state index is 13.7. The fourth-order valence-electron chi connectivity index (χ4n) is 2.74. The van der Waals surface area contributed by atoms with Crippen LogP contribution in [0.4, 0.5) is 4.39 Å². The van der Waals surface area contributed by atoms with Gasteiger partial charge in [-0.1, -0.05) is 35.9 Å². The van der Waals surface area contributed by atoms with Crippen LogP contribution in [0.15, 0.2) is 48.7 Å². The van der Waals surface area contributed by atoms with E-state index in [1.807, 2.05) is 42.1 Å². The minimum absolute atomic E-state index is 0.0344. The number of aryl methyl sites for hydroxylation is 1. The number of amides is 1. The number of carbonyl (C=O) groups excluding carboxylic acids is 1. The van der Waals surface area contributed by atoms with Gasteiger partial charge in [0, 0.05) is 36.3 Å². The molecule has 0 radical (unpaired) electrons. The Bertz CT molecular complexity index is 887. The molecule has 6 heteroatoms. The molecule has 1 atom stereocenters. The molecule has 1 heterocycles. The van der Waals surface area contributed by atoms with Crippen LogP contribution in [0.1, 0.15) is 22.0 Å². The zero-order valence-corrected chi connectivity index (χ0v) is 13.7. The van der Waals surface area contributed by atoms with E-state index in [4.69, 9.17) is 11.6 Å². The minimum Gasteiger partial charge on any atom is -0.386 e. The van der Waals surface area contributed by atoms with Crippen LogP contribution in [0.3, 0.4) is 0 Å². The van der Waals surface area contributed by atoms with E-state index >= 15 is 0 Å². The summed E-state index contributed by atoms with van der Waals surface area (Å²) in [6.07, 6.45) is 0.906. The zero-order valence-electron chi connectivity index (χ0n) is 13.0. The first-order valence-electron chi connectivity index (χ1n) is 7.43. The van der Waals surface area contributed by atoms with Gasteiger partial charge in [0.15, 0.2) is 0 Å². The SMILES string of the molecule is Cn1cc(C(O)CNC(=O)c2c(F)cccc2Cl)c2ccccc21. The number of carbonyl (C=O) groups is 1. The summed E-state index contributed by atoms with van der Waals surface area (Å²) in [5.74, 6) is -1.35. The third-order valence-corrected chi connectivity index (χ3v) is 4.25. The van der Waals surface area contributed by atoms with Gasteiger partial charge in [-0.3, -0.25) is 4.79 Å². The van der Waals surface area contributed by atoms with Gasteiger partial charge in [-0.15, -0.1) is 0 Å². The smallest absolute Gasteiger partial charge is 0.255 e. The third kappa shape index (κ3) is 3.00. The molecule has 1 unspecified atom stereocenters. The number of benzene rings is 2. The van der Waals surface area contributed by atoms with Crippen LogP contribution in [0.2, 0.25) is 5.02 Å². The fraction of sp³-hybridized carbons (Fsp3) is 0.167. The Morgan fingerprint density at radius 1 is 1.29 bits per heavy atom. The number of hydrogen-bond acceptors (Lipinski definition) is 2. The Hall–Kier alpha value is -2.37. The van der Waals surface area contributed by atoms with Gasteiger partial charge in [0.1, 0.15) is 5.82 Å². The molecule has 0 aliphatic rings. The van der Waals surface area contributed by atoms with Gasteiger partial charge in [-0.2, -0.15) is 0 Å². The summed E-state index contributed by atoms with van der Waals surface area (Å²) in [4.78, 5) is 12.1. The Morgan fingerprint density at radius 2 is 2.04 bits per heavy atom. The van der Waals surface area contributed by atoms with Crippen molar-refractivity contribution in [3.63, 3.8) is 0 Å². The maximum atomic E-state index is 13.7. The van der Waals surface area contributed by atoms with Gasteiger partial charge in [0.25, 0.3) is 5.91 Å². The van der Waals surface area contributed by atoms with Crippen LogP contribution in [0.5, 0.6) is 0 Å². The van der Waals surface area contributed by atoms with Crippen molar-refractivity contribution in [3.05, 3.63) is 70.6 Å². The lowest BCUT2D eigenvalue weighted by Gasteiger charge is -2.12. The quantitative estimate of drug-likeness (QED) is 0.760. The topological polar surface area (TPSA) is 54.3 Å². The van der Waals surface area contributed by atoms with Crippen molar-refractivity contribution in [1.82, 2.24) is 9.88 Å². The van der Waals surface area contributed by atoms with Crippen molar-refractivity contribution >= 4 is 28.4 Å². The first kappa shape index (κ1) is 16.5. The number of para-hydroxylation sites is 1. The number of aliphatic hydroxyl groups excluding tert-OH is 1. The second-order valence-corrected chi connectivity index (χ2v) is 5.94. The van der Waals surface area contributed by atoms with Crippen molar-refractivity contribution in [2.75, 3.05) is 6.54 Å². The summed E-state index contributed by atoms with van der Waals surface area (Å²) in [6.45, 7) is -0.0441. The second kappa shape index (κ2) is 6.63. The van der Waals surface area contributed by atoms with Crippen molar-refractivity contribution < 1.29 is 14.3 Å². The molecule has 0 aliphatic carbocycles. The molecule has 0 saturated heterocycles. The Kier molecular flexibility index (Phi) is 4.55. The number of nitrogens with zero attached hydrogens (tertiary/aromatic N) is 1. The van der Waals surface area contributed by atoms with Gasteiger partial charge in [-0.25, -0.2) is 4.39 Å². The van der Waals surface area contributed by atoms with Gasteiger partial charge >= 0.3 is 0 Å². The normalized spacial score (nSPS) is 12.3. The maximum Gasteiger partial charge on any atom is 0.255 e. The van der Waals surface area contributed by atoms with Crippen molar-refractivity contribution in [3.8, 4) is 0 Å². The Morgan fingerprint density at radius 3 is 2.79 bits per heavy atom. The summed E-state index contributed by atoms with van der Waals surface area (Å²) in [5.41, 5.74) is 1.47. The summed E-state index contributed by atoms with van der Waals surface area (Å²) in [7, 11) is 1.89. The molecular formula is C18H16ClFN2O2. The molecule has 3 aromatic rings. The summed E-state index contributed by atoms with van der Waals surface area (Å²) in [6, 6.07) is 11.7. The molecule has 0 fully saturated rings. The predicted molar refractivity (Wildman–Crippen MR) is 91.6 cm³/mol. The van der Waals surface area contributed by atoms with E-state index < -0.39 is 17.8 Å². The highest BCUT2D eigenvalue weighted by Crippen LogP contribution is 2.26. The zero-order chi connectivity index (χ0) is 17.3. The molecule has 0 spiro atoms. The van der Waals surface area contributed by atoms with E-state index in [0.717, 1.165) is 10.9 Å². The number of fused-ring (bicyclic) bond motifs is 1. The number of aliphatic hydroxyl groups is 1. The lowest BCUT2D eigenvalue weighted by atomic mass is 10.1. The van der Waals surface area contributed by atoms with Crippen LogP contribution in [0.25, 0.3) is 10.9 Å². The Balaban J connectivity index is 1.78. The molecule has 1 aromatic heterocycles. The van der Waals surface area contributed by atoms with Crippen molar-refractivity contribution in [2.45, 2.75) is 6.10 Å². The number of aromatic nitrogens is 1. The van der Waals surface area contributed by atoms with E-state index in [1.165, 1.54) is 18.2 Å². The largest absolute Gasteiger partial charge is 0.386 e. The average molecular weight is 347 g/mol. The molecule has 4 nitrogen and oxygen atoms in total. The summed E-state index contributed by atoms with van der Waals surface area (Å²) < 4.78 is 15.7. The first-order chi connectivity index (χ1) is 11.5. The number of rotatable bonds is 4. The standard InChI is InChI=1S/C18H16ClFN2O2/c1-22-10-12(11-5-2-3-8-15(11)22)16(23)9-21-18(24)17-13(19)6-4-7-14(17)20/h2-8,10,16,23H,9H2,1H3,(H,21,24). The molecule has 1 amide bonds. The second-order valence-electron chi connectivity index (χ2n) is 5.53. The van der Waals surface area contributed by atoms with Crippen molar-refractivity contribution in [2.24, 2.45) is 7.05 Å². The first-order valence-corrected chi connectivity index (χ1v) is 7.81. The number of hydrogen-bond donors (Lipinski definition) is 2. The average Bonchev–Trinajstić information content (AvgIpc) is 2.90. The predicted octanol–water partition coefficient (Wildman–Crippen LogP) is 3.43. The molecule has 0 bridgehead atoms. The highest BCUT2D eigenvalue weighted by molar-refractivity contribution is 6.33. The van der Waals surface area contributed by atoms with E-state index in [1.54, 1.807) is 0 Å². The van der Waals surface area contributed by atoms with E-state index in [-0.39, 0.29) is 17.1 Å². The van der Waals surface area contributed by atoms with Crippen LogP contribution >= 0.6 is 11.6 Å². The van der Waals surface area contributed by atoms with Gasteiger partial charge in [0.2, 0.25) is 0 Å². The Labute approximate surface area is 143 Å². The number of halogens is 2. The summed E-state index contributed by atoms with van der Waals surface area (Å²) in [5, 5.41) is 13.9. The third-order valence-electron chi connectivity index (χ3n) is 3.93. The van der Waals surface area contributed by atoms with Crippen LogP contribution in [-0.2, 0) is 7.05 Å². The van der Waals surface area contributed by atoms with Gasteiger partial charge < -0.3 is 15.0 Å². The number of nitrogens with one attached hydrogen (secondary N) is 1. The molecule has 124 valence electrons. The molecular weight excluding hydrogens is 331 g/mol. The van der Waals surface area contributed by atoms with Crippen LogP contribution in [0, 0.1) is 5.82 Å². The molecule has 0 saturated carbocycles. The molecule has 0 aliphatic heterocycles. The molecule has 2 N–H and O–H groups in total. The molecule has 3 rings (SSSR count). The fourth-order valence-corrected chi connectivity index (χ4v) is 2.99. The van der Waals surface area contributed by atoms with E-state index in [0.29, 0.717) is 5.56 Å². The lowest BCUT2D eigenvalue weighted by Crippen LogP contribution is -2.29. The lowest BCUT2D eigenvalue weighted by molar-refractivity contribution is 0.0913. The van der Waals surface area contributed by atoms with Crippen molar-refractivity contribution in [1.29, 1.82) is 0 Å². The molecule has 2 aromatic carbocycles. The van der Waals surface area contributed by atoms with E-state index in [2.05, 4.69) is 5.32 Å². The van der Waals surface area contributed by atoms with Crippen LogP contribution < -0.4 is 5.32 Å². The summed E-state index contributed by atoms with van der Waals surface area (Å²) >= 11 is 5.87. The highest BCUT2D eigenvalue weighted by atomic mass is 35.5. The molecule has 24 heavy (non-hydrogen) atoms. The monoisotopic (exact) mass is 346 g/mol. The van der Waals surface area contributed by atoms with Gasteiger partial charge in [-0.05, 0) is 18.2 Å². The van der Waals surface area contributed by atoms with E-state index in [9.17, 15) is 14.3 Å².